The van der Waals surface area contributed by atoms with E-state index in [2.05, 4.69) is 0 Å². The molecule has 2 aromatic carbocycles. The van der Waals surface area contributed by atoms with Crippen molar-refractivity contribution in [2.45, 2.75) is 17.4 Å². The summed E-state index contributed by atoms with van der Waals surface area (Å²) >= 11 is 3.81. The van der Waals surface area contributed by atoms with Crippen LogP contribution in [0.2, 0.25) is 0 Å². The molecule has 1 aliphatic heterocycles. The van der Waals surface area contributed by atoms with E-state index in [-0.39, 0.29) is 12.2 Å². The van der Waals surface area contributed by atoms with Gasteiger partial charge in [0, 0.05) is 11.5 Å². The van der Waals surface area contributed by atoms with Gasteiger partial charge in [-0.1, -0.05) is 24.3 Å². The second-order valence-electron chi connectivity index (χ2n) is 5.55. The summed E-state index contributed by atoms with van der Waals surface area (Å²) in [6, 6.07) is 12.1. The minimum Gasteiger partial charge on any atom is -0.493 e. The highest BCUT2D eigenvalue weighted by Gasteiger charge is 2.20. The number of carbonyl (C=O) groups is 1. The van der Waals surface area contributed by atoms with E-state index in [4.69, 9.17) is 9.47 Å². The SMILES string of the molecule is COc1cc(C2SCCS2)ccc1OC(=O)CCc1ccccc1F. The van der Waals surface area contributed by atoms with E-state index < -0.39 is 5.97 Å². The molecule has 1 aliphatic rings. The standard InChI is InChI=1S/C19H19FO3S2/c1-22-17-12-14(19-24-10-11-25-19)6-8-16(17)23-18(21)9-7-13-4-2-3-5-15(13)20/h2-6,8,12,19H,7,9-11H2,1H3. The minimum absolute atomic E-state index is 0.111. The van der Waals surface area contributed by atoms with Crippen molar-refractivity contribution in [1.82, 2.24) is 0 Å². The molecule has 0 aliphatic carbocycles. The van der Waals surface area contributed by atoms with Crippen LogP contribution in [-0.4, -0.2) is 24.6 Å². The molecule has 1 saturated heterocycles. The van der Waals surface area contributed by atoms with Crippen molar-refractivity contribution in [3.8, 4) is 11.5 Å². The fourth-order valence-corrected chi connectivity index (χ4v) is 5.42. The Hall–Kier alpha value is -1.66. The fraction of sp³-hybridized carbons (Fsp3) is 0.316. The van der Waals surface area contributed by atoms with Gasteiger partial charge in [-0.25, -0.2) is 4.39 Å². The Balaban J connectivity index is 1.63. The highest BCUT2D eigenvalue weighted by atomic mass is 32.2. The first kappa shape index (κ1) is 18.1. The molecule has 0 aromatic heterocycles. The summed E-state index contributed by atoms with van der Waals surface area (Å²) in [5, 5.41) is 0. The minimum atomic E-state index is -0.404. The Labute approximate surface area is 155 Å². The molecule has 0 spiro atoms. The largest absolute Gasteiger partial charge is 0.493 e. The molecule has 0 atom stereocenters. The number of carbonyl (C=O) groups excluding carboxylic acids is 1. The molecule has 1 fully saturated rings. The van der Waals surface area contributed by atoms with Crippen molar-refractivity contribution in [3.63, 3.8) is 0 Å². The maximum absolute atomic E-state index is 13.6. The number of hydrogen-bond acceptors (Lipinski definition) is 5. The zero-order chi connectivity index (χ0) is 17.6. The third-order valence-electron chi connectivity index (χ3n) is 3.86. The summed E-state index contributed by atoms with van der Waals surface area (Å²) in [5.74, 6) is 2.53. The van der Waals surface area contributed by atoms with Crippen LogP contribution < -0.4 is 9.47 Å². The number of rotatable bonds is 6. The zero-order valence-corrected chi connectivity index (χ0v) is 15.5. The smallest absolute Gasteiger partial charge is 0.311 e. The van der Waals surface area contributed by atoms with Crippen LogP contribution in [-0.2, 0) is 11.2 Å². The summed E-state index contributed by atoms with van der Waals surface area (Å²) in [6.07, 6.45) is 0.418. The maximum atomic E-state index is 13.6. The number of halogens is 1. The lowest BCUT2D eigenvalue weighted by Gasteiger charge is -2.13. The van der Waals surface area contributed by atoms with E-state index in [0.717, 1.165) is 17.1 Å². The lowest BCUT2D eigenvalue weighted by atomic mass is 10.1. The molecule has 2 aromatic rings. The van der Waals surface area contributed by atoms with E-state index in [9.17, 15) is 9.18 Å². The first-order valence-corrected chi connectivity index (χ1v) is 10.1. The van der Waals surface area contributed by atoms with Crippen LogP contribution in [0.4, 0.5) is 4.39 Å². The Morgan fingerprint density at radius 3 is 2.64 bits per heavy atom. The second-order valence-corrected chi connectivity index (χ2v) is 8.27. The molecule has 6 heteroatoms. The molecule has 1 heterocycles. The first-order chi connectivity index (χ1) is 12.2. The molecule has 0 N–H and O–H groups in total. The summed E-state index contributed by atoms with van der Waals surface area (Å²) in [6.45, 7) is 0. The van der Waals surface area contributed by atoms with Crippen LogP contribution in [0.5, 0.6) is 11.5 Å². The normalized spacial score (nSPS) is 14.5. The molecule has 3 rings (SSSR count). The molecule has 0 radical (unpaired) electrons. The molecule has 25 heavy (non-hydrogen) atoms. The predicted octanol–water partition coefficient (Wildman–Crippen LogP) is 4.85. The van der Waals surface area contributed by atoms with Crippen LogP contribution in [0, 0.1) is 5.82 Å². The molecule has 0 bridgehead atoms. The van der Waals surface area contributed by atoms with Crippen molar-refractivity contribution >= 4 is 29.5 Å². The zero-order valence-electron chi connectivity index (χ0n) is 13.9. The molecule has 0 unspecified atom stereocenters. The van der Waals surface area contributed by atoms with Crippen molar-refractivity contribution < 1.29 is 18.7 Å². The number of methoxy groups -OCH3 is 1. The molecule has 0 saturated carbocycles. The summed E-state index contributed by atoms with van der Waals surface area (Å²) in [4.78, 5) is 12.1. The highest BCUT2D eigenvalue weighted by molar-refractivity contribution is 8.19. The summed E-state index contributed by atoms with van der Waals surface area (Å²) < 4.78 is 24.8. The van der Waals surface area contributed by atoms with Gasteiger partial charge in [-0.2, -0.15) is 0 Å². The van der Waals surface area contributed by atoms with Gasteiger partial charge in [-0.05, 0) is 35.7 Å². The molecule has 0 amide bonds. The average molecular weight is 378 g/mol. The Bertz CT molecular complexity index is 745. The van der Waals surface area contributed by atoms with Gasteiger partial charge in [0.2, 0.25) is 0 Å². The van der Waals surface area contributed by atoms with Crippen LogP contribution in [0.3, 0.4) is 0 Å². The van der Waals surface area contributed by atoms with Gasteiger partial charge in [-0.3, -0.25) is 4.79 Å². The highest BCUT2D eigenvalue weighted by Crippen LogP contribution is 2.46. The Kier molecular flexibility index (Phi) is 6.26. The van der Waals surface area contributed by atoms with Gasteiger partial charge >= 0.3 is 5.97 Å². The number of thioether (sulfide) groups is 2. The van der Waals surface area contributed by atoms with Crippen molar-refractivity contribution in [2.75, 3.05) is 18.6 Å². The fourth-order valence-electron chi connectivity index (χ4n) is 2.58. The van der Waals surface area contributed by atoms with E-state index in [1.807, 2.05) is 35.7 Å². The topological polar surface area (TPSA) is 35.5 Å². The Morgan fingerprint density at radius 1 is 1.16 bits per heavy atom. The van der Waals surface area contributed by atoms with E-state index in [0.29, 0.717) is 28.1 Å². The molecular formula is C19H19FO3S2. The van der Waals surface area contributed by atoms with Crippen LogP contribution in [0.1, 0.15) is 22.1 Å². The van der Waals surface area contributed by atoms with Crippen LogP contribution in [0.15, 0.2) is 42.5 Å². The monoisotopic (exact) mass is 378 g/mol. The van der Waals surface area contributed by atoms with Crippen LogP contribution >= 0.6 is 23.5 Å². The van der Waals surface area contributed by atoms with Gasteiger partial charge < -0.3 is 9.47 Å². The average Bonchev–Trinajstić information content (AvgIpc) is 3.16. The van der Waals surface area contributed by atoms with E-state index >= 15 is 0 Å². The van der Waals surface area contributed by atoms with Gasteiger partial charge in [0.05, 0.1) is 18.1 Å². The first-order valence-electron chi connectivity index (χ1n) is 8.02. The molecule has 3 nitrogen and oxygen atoms in total. The van der Waals surface area contributed by atoms with E-state index in [1.165, 1.54) is 6.07 Å². The second kappa shape index (κ2) is 8.63. The quantitative estimate of drug-likeness (QED) is 0.530. The number of benzene rings is 2. The summed E-state index contributed by atoms with van der Waals surface area (Å²) in [5.41, 5.74) is 1.67. The van der Waals surface area contributed by atoms with E-state index in [1.54, 1.807) is 31.4 Å². The number of ether oxygens (including phenoxy) is 2. The number of aryl methyl sites for hydroxylation is 1. The van der Waals surface area contributed by atoms with Gasteiger partial charge in [-0.15, -0.1) is 23.5 Å². The number of esters is 1. The third-order valence-corrected chi connectivity index (χ3v) is 6.97. The van der Waals surface area contributed by atoms with Crippen molar-refractivity contribution in [2.24, 2.45) is 0 Å². The number of hydrogen-bond donors (Lipinski definition) is 0. The third kappa shape index (κ3) is 4.70. The predicted molar refractivity (Wildman–Crippen MR) is 101 cm³/mol. The van der Waals surface area contributed by atoms with Crippen molar-refractivity contribution in [1.29, 1.82) is 0 Å². The van der Waals surface area contributed by atoms with Gasteiger partial charge in [0.15, 0.2) is 11.5 Å². The maximum Gasteiger partial charge on any atom is 0.311 e. The molecule has 132 valence electrons. The van der Waals surface area contributed by atoms with Crippen LogP contribution in [0.25, 0.3) is 0 Å². The lowest BCUT2D eigenvalue weighted by Crippen LogP contribution is -2.10. The van der Waals surface area contributed by atoms with Gasteiger partial charge in [0.1, 0.15) is 5.82 Å². The lowest BCUT2D eigenvalue weighted by molar-refractivity contribution is -0.134. The Morgan fingerprint density at radius 2 is 1.92 bits per heavy atom. The van der Waals surface area contributed by atoms with Crippen molar-refractivity contribution in [3.05, 3.63) is 59.4 Å². The van der Waals surface area contributed by atoms with Gasteiger partial charge in [0.25, 0.3) is 0 Å². The molecular weight excluding hydrogens is 359 g/mol. The summed E-state index contributed by atoms with van der Waals surface area (Å²) in [7, 11) is 1.56.